The first kappa shape index (κ1) is 14.5. The predicted octanol–water partition coefficient (Wildman–Crippen LogP) is 5.00. The minimum Gasteiger partial charge on any atom is -0.305 e. The second-order valence-corrected chi connectivity index (χ2v) is 5.47. The van der Waals surface area contributed by atoms with Crippen LogP contribution in [0.4, 0.5) is 0 Å². The van der Waals surface area contributed by atoms with Gasteiger partial charge in [-0.05, 0) is 47.5 Å². The van der Waals surface area contributed by atoms with Crippen LogP contribution >= 0.6 is 39.9 Å². The van der Waals surface area contributed by atoms with Crippen molar-refractivity contribution in [2.45, 2.75) is 13.8 Å². The minimum atomic E-state index is 0. The van der Waals surface area contributed by atoms with Gasteiger partial charge in [0.05, 0.1) is 5.69 Å². The second-order valence-electron chi connectivity index (χ2n) is 4.56. The van der Waals surface area contributed by atoms with E-state index in [4.69, 9.17) is 0 Å². The van der Waals surface area contributed by atoms with E-state index in [-0.39, 0.29) is 24.0 Å². The molecule has 0 aliphatic rings. The lowest BCUT2D eigenvalue weighted by Gasteiger charge is -2.02. The monoisotopic (exact) mass is 428 g/mol. The average Bonchev–Trinajstić information content (AvgIpc) is 2.71. The number of aryl methyl sites for hydroxylation is 2. The molecule has 2 heterocycles. The normalized spacial score (nSPS) is 10.5. The van der Waals surface area contributed by atoms with Crippen molar-refractivity contribution >= 4 is 45.6 Å². The van der Waals surface area contributed by atoms with Gasteiger partial charge in [-0.3, -0.25) is 0 Å². The summed E-state index contributed by atoms with van der Waals surface area (Å²) in [6.07, 6.45) is 4.09. The van der Waals surface area contributed by atoms with Crippen molar-refractivity contribution < 1.29 is 0 Å². The van der Waals surface area contributed by atoms with E-state index in [1.54, 1.807) is 0 Å². The molecule has 0 bridgehead atoms. The summed E-state index contributed by atoms with van der Waals surface area (Å²) in [5, 5.41) is 0. The standard InChI is InChI=1S/C15H13BrN2.HI/c1-10-3-5-13(11(2)7-10)14-9-18-8-12(16)4-6-15(18)17-14;/h3-9H,1-2H3;1H. The molecule has 2 aromatic heterocycles. The first-order valence-corrected chi connectivity index (χ1v) is 6.65. The van der Waals surface area contributed by atoms with Crippen LogP contribution < -0.4 is 0 Å². The summed E-state index contributed by atoms with van der Waals surface area (Å²) >= 11 is 3.47. The van der Waals surface area contributed by atoms with Crippen molar-refractivity contribution in [1.29, 1.82) is 0 Å². The summed E-state index contributed by atoms with van der Waals surface area (Å²) in [4.78, 5) is 4.66. The molecule has 0 N–H and O–H groups in total. The number of benzene rings is 1. The lowest BCUT2D eigenvalue weighted by atomic mass is 10.0. The summed E-state index contributed by atoms with van der Waals surface area (Å²) in [5.74, 6) is 0. The Kier molecular flexibility index (Phi) is 4.30. The number of hydrogen-bond donors (Lipinski definition) is 0. The molecule has 98 valence electrons. The van der Waals surface area contributed by atoms with Crippen molar-refractivity contribution in [1.82, 2.24) is 9.38 Å². The van der Waals surface area contributed by atoms with Gasteiger partial charge < -0.3 is 4.40 Å². The van der Waals surface area contributed by atoms with Crippen LogP contribution in [-0.4, -0.2) is 9.38 Å². The van der Waals surface area contributed by atoms with Gasteiger partial charge in [-0.25, -0.2) is 4.98 Å². The summed E-state index contributed by atoms with van der Waals surface area (Å²) < 4.78 is 3.10. The Balaban J connectivity index is 0.00000133. The maximum atomic E-state index is 4.66. The minimum absolute atomic E-state index is 0. The number of rotatable bonds is 1. The molecule has 0 saturated heterocycles. The number of hydrogen-bond acceptors (Lipinski definition) is 1. The predicted molar refractivity (Wildman–Crippen MR) is 93.2 cm³/mol. The number of aromatic nitrogens is 2. The molecular formula is C15H14BrIN2. The summed E-state index contributed by atoms with van der Waals surface area (Å²) in [6.45, 7) is 4.24. The maximum Gasteiger partial charge on any atom is 0.137 e. The van der Waals surface area contributed by atoms with Crippen LogP contribution in [0, 0.1) is 13.8 Å². The molecule has 2 nitrogen and oxygen atoms in total. The Hall–Kier alpha value is -0.880. The fourth-order valence-electron chi connectivity index (χ4n) is 2.20. The van der Waals surface area contributed by atoms with Crippen molar-refractivity contribution in [3.63, 3.8) is 0 Å². The lowest BCUT2D eigenvalue weighted by molar-refractivity contribution is 1.17. The zero-order valence-corrected chi connectivity index (χ0v) is 14.6. The van der Waals surface area contributed by atoms with Crippen LogP contribution in [0.3, 0.4) is 0 Å². The molecule has 0 saturated carbocycles. The zero-order chi connectivity index (χ0) is 12.7. The smallest absolute Gasteiger partial charge is 0.137 e. The summed E-state index contributed by atoms with van der Waals surface area (Å²) in [6, 6.07) is 10.5. The van der Waals surface area contributed by atoms with Gasteiger partial charge in [0, 0.05) is 22.4 Å². The maximum absolute atomic E-state index is 4.66. The third kappa shape index (κ3) is 2.84. The van der Waals surface area contributed by atoms with E-state index in [2.05, 4.69) is 59.2 Å². The van der Waals surface area contributed by atoms with Gasteiger partial charge in [-0.2, -0.15) is 0 Å². The van der Waals surface area contributed by atoms with E-state index in [1.165, 1.54) is 16.7 Å². The molecule has 0 atom stereocenters. The molecule has 0 spiro atoms. The van der Waals surface area contributed by atoms with Crippen LogP contribution in [0.5, 0.6) is 0 Å². The van der Waals surface area contributed by atoms with E-state index in [1.807, 2.05) is 22.7 Å². The van der Waals surface area contributed by atoms with Gasteiger partial charge in [0.2, 0.25) is 0 Å². The van der Waals surface area contributed by atoms with Gasteiger partial charge in [-0.15, -0.1) is 24.0 Å². The molecule has 0 amide bonds. The first-order chi connectivity index (χ1) is 8.63. The molecule has 1 aromatic carbocycles. The molecule has 0 unspecified atom stereocenters. The molecule has 0 aliphatic carbocycles. The highest BCUT2D eigenvalue weighted by Gasteiger charge is 2.07. The van der Waals surface area contributed by atoms with E-state index in [0.717, 1.165) is 15.8 Å². The molecule has 19 heavy (non-hydrogen) atoms. The number of imidazole rings is 1. The molecule has 0 radical (unpaired) electrons. The highest BCUT2D eigenvalue weighted by Crippen LogP contribution is 2.24. The van der Waals surface area contributed by atoms with Gasteiger partial charge in [-0.1, -0.05) is 23.8 Å². The Bertz CT molecular complexity index is 734. The third-order valence-corrected chi connectivity index (χ3v) is 3.54. The van der Waals surface area contributed by atoms with Crippen molar-refractivity contribution in [3.8, 4) is 11.3 Å². The zero-order valence-electron chi connectivity index (χ0n) is 10.7. The highest BCUT2D eigenvalue weighted by atomic mass is 127. The van der Waals surface area contributed by atoms with Crippen LogP contribution in [-0.2, 0) is 0 Å². The second kappa shape index (κ2) is 5.63. The van der Waals surface area contributed by atoms with E-state index in [9.17, 15) is 0 Å². The van der Waals surface area contributed by atoms with E-state index >= 15 is 0 Å². The molecular weight excluding hydrogens is 415 g/mol. The molecule has 0 aliphatic heterocycles. The Morgan fingerprint density at radius 3 is 2.58 bits per heavy atom. The van der Waals surface area contributed by atoms with E-state index < -0.39 is 0 Å². The van der Waals surface area contributed by atoms with Crippen molar-refractivity contribution in [2.24, 2.45) is 0 Å². The summed E-state index contributed by atoms with van der Waals surface area (Å²) in [5.41, 5.74) is 5.72. The molecule has 4 heteroatoms. The highest BCUT2D eigenvalue weighted by molar-refractivity contribution is 14.0. The van der Waals surface area contributed by atoms with Gasteiger partial charge in [0.25, 0.3) is 0 Å². The van der Waals surface area contributed by atoms with Gasteiger partial charge >= 0.3 is 0 Å². The Labute approximate surface area is 138 Å². The fraction of sp³-hybridized carbons (Fsp3) is 0.133. The largest absolute Gasteiger partial charge is 0.305 e. The molecule has 0 fully saturated rings. The number of fused-ring (bicyclic) bond motifs is 1. The molecule has 3 rings (SSSR count). The van der Waals surface area contributed by atoms with Crippen LogP contribution in [0.15, 0.2) is 47.2 Å². The van der Waals surface area contributed by atoms with Gasteiger partial charge in [0.15, 0.2) is 0 Å². The topological polar surface area (TPSA) is 17.3 Å². The van der Waals surface area contributed by atoms with Crippen LogP contribution in [0.2, 0.25) is 0 Å². The quantitative estimate of drug-likeness (QED) is 0.498. The van der Waals surface area contributed by atoms with Crippen molar-refractivity contribution in [3.05, 3.63) is 58.3 Å². The SMILES string of the molecule is Cc1ccc(-c2cn3cc(Br)ccc3n2)c(C)c1.I. The van der Waals surface area contributed by atoms with Crippen LogP contribution in [0.25, 0.3) is 16.9 Å². The fourth-order valence-corrected chi connectivity index (χ4v) is 2.55. The summed E-state index contributed by atoms with van der Waals surface area (Å²) in [7, 11) is 0. The van der Waals surface area contributed by atoms with E-state index in [0.29, 0.717) is 0 Å². The first-order valence-electron chi connectivity index (χ1n) is 5.85. The lowest BCUT2D eigenvalue weighted by Crippen LogP contribution is -1.84. The number of halogens is 2. The van der Waals surface area contributed by atoms with Crippen molar-refractivity contribution in [2.75, 3.05) is 0 Å². The van der Waals surface area contributed by atoms with Crippen LogP contribution in [0.1, 0.15) is 11.1 Å². The number of pyridine rings is 1. The third-order valence-electron chi connectivity index (χ3n) is 3.07. The Morgan fingerprint density at radius 1 is 1.05 bits per heavy atom. The Morgan fingerprint density at radius 2 is 1.84 bits per heavy atom. The molecule has 3 aromatic rings. The van der Waals surface area contributed by atoms with Gasteiger partial charge in [0.1, 0.15) is 5.65 Å². The average molecular weight is 429 g/mol. The number of nitrogens with zero attached hydrogens (tertiary/aromatic N) is 2.